The van der Waals surface area contributed by atoms with Gasteiger partial charge in [0.1, 0.15) is 0 Å². The largest absolute Gasteiger partial charge is 0.391 e. The minimum Gasteiger partial charge on any atom is -0.391 e. The molecule has 1 fully saturated rings. The van der Waals surface area contributed by atoms with Crippen molar-refractivity contribution in [1.29, 1.82) is 0 Å². The summed E-state index contributed by atoms with van der Waals surface area (Å²) in [6.07, 6.45) is 1.88. The number of halogens is 1. The van der Waals surface area contributed by atoms with Gasteiger partial charge in [-0.25, -0.2) is 0 Å². The van der Waals surface area contributed by atoms with E-state index in [2.05, 4.69) is 79.2 Å². The number of β-amino-alcohol motifs (C(OH)–C–C–N with tert-alkyl or cyclic N) is 1. The van der Waals surface area contributed by atoms with Crippen LogP contribution >= 0.6 is 12.4 Å². The normalized spacial score (nSPS) is 18.4. The van der Waals surface area contributed by atoms with E-state index in [0.717, 1.165) is 37.4 Å². The minimum atomic E-state index is -0.261. The van der Waals surface area contributed by atoms with Crippen LogP contribution in [0.4, 0.5) is 0 Å². The van der Waals surface area contributed by atoms with Crippen molar-refractivity contribution in [2.75, 3.05) is 19.6 Å². The maximum absolute atomic E-state index is 10.0. The van der Waals surface area contributed by atoms with Gasteiger partial charge in [0.2, 0.25) is 0 Å². The highest BCUT2D eigenvalue weighted by atomic mass is 35.5. The van der Waals surface area contributed by atoms with Gasteiger partial charge in [0.15, 0.2) is 0 Å². The Hall–Kier alpha value is -2.18. The molecule has 1 aromatic heterocycles. The molecular formula is C24H31ClN4O. The van der Waals surface area contributed by atoms with Gasteiger partial charge in [-0.15, -0.1) is 12.4 Å². The van der Waals surface area contributed by atoms with Gasteiger partial charge < -0.3 is 15.7 Å². The third kappa shape index (κ3) is 5.49. The predicted molar refractivity (Wildman–Crippen MR) is 124 cm³/mol. The molecule has 30 heavy (non-hydrogen) atoms. The Morgan fingerprint density at radius 2 is 1.70 bits per heavy atom. The fourth-order valence-corrected chi connectivity index (χ4v) is 3.83. The van der Waals surface area contributed by atoms with Crippen molar-refractivity contribution in [1.82, 2.24) is 20.4 Å². The highest BCUT2D eigenvalue weighted by Gasteiger charge is 2.24. The van der Waals surface area contributed by atoms with Gasteiger partial charge in [0.25, 0.3) is 0 Å². The van der Waals surface area contributed by atoms with E-state index in [9.17, 15) is 5.11 Å². The third-order valence-corrected chi connectivity index (χ3v) is 5.65. The summed E-state index contributed by atoms with van der Waals surface area (Å²) in [6, 6.07) is 17.2. The Morgan fingerprint density at radius 3 is 2.33 bits per heavy atom. The Kier molecular flexibility index (Phi) is 7.67. The lowest BCUT2D eigenvalue weighted by Crippen LogP contribution is -2.30. The summed E-state index contributed by atoms with van der Waals surface area (Å²) in [5.74, 6) is 0.264. The van der Waals surface area contributed by atoms with E-state index in [1.54, 1.807) is 0 Å². The summed E-state index contributed by atoms with van der Waals surface area (Å²) in [5.41, 5.74) is 7.10. The van der Waals surface area contributed by atoms with E-state index in [-0.39, 0.29) is 24.4 Å². The number of nitrogens with one attached hydrogen (secondary N) is 2. The Labute approximate surface area is 184 Å². The van der Waals surface area contributed by atoms with Crippen LogP contribution in [0.3, 0.4) is 0 Å². The topological polar surface area (TPSA) is 62.1 Å². The monoisotopic (exact) mass is 426 g/mol. The van der Waals surface area contributed by atoms with E-state index < -0.39 is 0 Å². The molecule has 1 aliphatic heterocycles. The lowest BCUT2D eigenvalue weighted by molar-refractivity contribution is 0.146. The van der Waals surface area contributed by atoms with E-state index in [4.69, 9.17) is 5.10 Å². The summed E-state index contributed by atoms with van der Waals surface area (Å²) in [4.78, 5) is 0. The molecule has 0 amide bonds. The number of aliphatic hydroxyl groups is 1. The van der Waals surface area contributed by atoms with E-state index >= 15 is 0 Å². The lowest BCUT2D eigenvalue weighted by atomic mass is 10.1. The fourth-order valence-electron chi connectivity index (χ4n) is 3.83. The van der Waals surface area contributed by atoms with Crippen molar-refractivity contribution in [3.05, 3.63) is 77.0 Å². The van der Waals surface area contributed by atoms with E-state index in [0.29, 0.717) is 6.54 Å². The summed E-state index contributed by atoms with van der Waals surface area (Å²) in [6.45, 7) is 8.05. The first-order valence-corrected chi connectivity index (χ1v) is 10.4. The maximum atomic E-state index is 10.0. The first-order chi connectivity index (χ1) is 14.1. The zero-order valence-corrected chi connectivity index (χ0v) is 18.5. The van der Waals surface area contributed by atoms with Crippen molar-refractivity contribution in [2.24, 2.45) is 5.92 Å². The molecule has 6 heteroatoms. The molecule has 5 nitrogen and oxygen atoms in total. The van der Waals surface area contributed by atoms with Gasteiger partial charge in [-0.05, 0) is 19.4 Å². The van der Waals surface area contributed by atoms with Crippen LogP contribution in [0.25, 0.3) is 11.3 Å². The van der Waals surface area contributed by atoms with Gasteiger partial charge >= 0.3 is 0 Å². The van der Waals surface area contributed by atoms with Gasteiger partial charge in [0.05, 0.1) is 18.3 Å². The number of hydrogen-bond donors (Lipinski definition) is 3. The van der Waals surface area contributed by atoms with Crippen molar-refractivity contribution in [3.63, 3.8) is 0 Å². The molecule has 2 heterocycles. The van der Waals surface area contributed by atoms with Gasteiger partial charge in [-0.2, -0.15) is 5.10 Å². The van der Waals surface area contributed by atoms with Gasteiger partial charge in [0, 0.05) is 49.4 Å². The molecule has 4 rings (SSSR count). The maximum Gasteiger partial charge on any atom is 0.0968 e. The molecule has 3 N–H and O–H groups in total. The van der Waals surface area contributed by atoms with Crippen molar-refractivity contribution >= 4 is 12.4 Å². The molecule has 2 aromatic carbocycles. The molecule has 1 aliphatic rings. The van der Waals surface area contributed by atoms with E-state index in [1.165, 1.54) is 22.3 Å². The summed E-state index contributed by atoms with van der Waals surface area (Å²) < 4.78 is 2.03. The number of aryl methyl sites for hydroxylation is 2. The summed E-state index contributed by atoms with van der Waals surface area (Å²) >= 11 is 0. The number of aliphatic hydroxyl groups excluding tert-OH is 1. The van der Waals surface area contributed by atoms with Crippen molar-refractivity contribution in [2.45, 2.75) is 33.0 Å². The molecule has 0 radical (unpaired) electrons. The third-order valence-electron chi connectivity index (χ3n) is 5.65. The average molecular weight is 427 g/mol. The molecule has 1 saturated heterocycles. The zero-order chi connectivity index (χ0) is 20.2. The molecule has 0 bridgehead atoms. The number of benzene rings is 2. The summed E-state index contributed by atoms with van der Waals surface area (Å²) in [7, 11) is 0. The highest BCUT2D eigenvalue weighted by Crippen LogP contribution is 2.23. The molecule has 2 atom stereocenters. The van der Waals surface area contributed by atoms with Crippen LogP contribution in [-0.2, 0) is 13.1 Å². The molecule has 160 valence electrons. The minimum absolute atomic E-state index is 0. The van der Waals surface area contributed by atoms with Crippen LogP contribution in [0.1, 0.15) is 22.3 Å². The Morgan fingerprint density at radius 1 is 1.03 bits per heavy atom. The molecule has 2 unspecified atom stereocenters. The highest BCUT2D eigenvalue weighted by molar-refractivity contribution is 5.85. The van der Waals surface area contributed by atoms with Crippen molar-refractivity contribution in [3.8, 4) is 11.3 Å². The standard InChI is InChI=1S/C24H30N4O.ClH/c1-17-3-7-19(8-4-17)15-28-16-22(13-25-11-21-12-26-14-23(21)29)24(27-28)20-9-5-18(2)6-10-20;/h3-10,16,21,23,25-26,29H,11-15H2,1-2H3;1H. The first kappa shape index (κ1) is 22.5. The smallest absolute Gasteiger partial charge is 0.0968 e. The van der Waals surface area contributed by atoms with Crippen LogP contribution in [0, 0.1) is 19.8 Å². The number of nitrogens with zero attached hydrogens (tertiary/aromatic N) is 2. The molecule has 3 aromatic rings. The number of hydrogen-bond acceptors (Lipinski definition) is 4. The molecule has 0 saturated carbocycles. The second-order valence-electron chi connectivity index (χ2n) is 8.17. The zero-order valence-electron chi connectivity index (χ0n) is 17.6. The Balaban J connectivity index is 0.00000256. The quantitative estimate of drug-likeness (QED) is 0.542. The molecule has 0 spiro atoms. The number of aromatic nitrogens is 2. The number of rotatable bonds is 7. The SMILES string of the molecule is Cc1ccc(Cn2cc(CNCC3CNCC3O)c(-c3ccc(C)cc3)n2)cc1.Cl. The van der Waals surface area contributed by atoms with Crippen LogP contribution < -0.4 is 10.6 Å². The molecular weight excluding hydrogens is 396 g/mol. The average Bonchev–Trinajstić information content (AvgIpc) is 3.31. The lowest BCUT2D eigenvalue weighted by Gasteiger charge is -2.14. The van der Waals surface area contributed by atoms with E-state index in [1.807, 2.05) is 4.68 Å². The van der Waals surface area contributed by atoms with Crippen LogP contribution in [0.5, 0.6) is 0 Å². The first-order valence-electron chi connectivity index (χ1n) is 10.4. The fraction of sp³-hybridized carbons (Fsp3) is 0.375. The predicted octanol–water partition coefficient (Wildman–Crippen LogP) is 3.31. The van der Waals surface area contributed by atoms with Crippen LogP contribution in [0.2, 0.25) is 0 Å². The molecule has 0 aliphatic carbocycles. The second-order valence-corrected chi connectivity index (χ2v) is 8.17. The van der Waals surface area contributed by atoms with Crippen molar-refractivity contribution < 1.29 is 5.11 Å². The summed E-state index contributed by atoms with van der Waals surface area (Å²) in [5, 5.41) is 21.7. The Bertz CT molecular complexity index is 937. The van der Waals surface area contributed by atoms with Crippen LogP contribution in [-0.4, -0.2) is 40.6 Å². The van der Waals surface area contributed by atoms with Gasteiger partial charge in [-0.3, -0.25) is 4.68 Å². The van der Waals surface area contributed by atoms with Crippen LogP contribution in [0.15, 0.2) is 54.7 Å². The van der Waals surface area contributed by atoms with Gasteiger partial charge in [-0.1, -0.05) is 59.7 Å². The second kappa shape index (κ2) is 10.2.